The molecule has 4 amide bonds. The van der Waals surface area contributed by atoms with E-state index in [2.05, 4.69) is 10.6 Å². The zero-order valence-electron chi connectivity index (χ0n) is 14.5. The van der Waals surface area contributed by atoms with Crippen LogP contribution in [0.1, 0.15) is 30.0 Å². The van der Waals surface area contributed by atoms with Gasteiger partial charge in [0.2, 0.25) is 5.91 Å². The third kappa shape index (κ3) is 7.32. The minimum Gasteiger partial charge on any atom is -0.467 e. The molecule has 0 spiro atoms. The summed E-state index contributed by atoms with van der Waals surface area (Å²) >= 11 is 1.39. The fourth-order valence-electron chi connectivity index (χ4n) is 2.12. The second-order valence-electron chi connectivity index (χ2n) is 5.44. The van der Waals surface area contributed by atoms with Crippen LogP contribution in [0.3, 0.4) is 0 Å². The van der Waals surface area contributed by atoms with Crippen LogP contribution in [-0.4, -0.2) is 30.4 Å². The molecule has 0 bridgehead atoms. The van der Waals surface area contributed by atoms with Crippen molar-refractivity contribution in [1.82, 2.24) is 16.0 Å². The average molecular weight is 393 g/mol. The van der Waals surface area contributed by atoms with E-state index < -0.39 is 30.6 Å². The standard InChI is InChI=1S/C17H19N3O6S/c1-11(21)19-13(14-5-3-7-27-14)8-16(23)26-10-15(22)20-17(24)18-9-12-4-2-6-25-12/h2-7,13H,8-10H2,1H3,(H,19,21)(H2,18,20,22,24). The number of thiophene rings is 1. The summed E-state index contributed by atoms with van der Waals surface area (Å²) < 4.78 is 9.91. The summed E-state index contributed by atoms with van der Waals surface area (Å²) in [5.41, 5.74) is 0. The second kappa shape index (κ2) is 10.1. The van der Waals surface area contributed by atoms with Gasteiger partial charge in [-0.2, -0.15) is 0 Å². The molecule has 1 unspecified atom stereocenters. The third-order valence-corrected chi connectivity index (χ3v) is 4.24. The fraction of sp³-hybridized carbons (Fsp3) is 0.294. The summed E-state index contributed by atoms with van der Waals surface area (Å²) in [6.07, 6.45) is 1.34. The topological polar surface area (TPSA) is 127 Å². The molecular formula is C17H19N3O6S. The van der Waals surface area contributed by atoms with Gasteiger partial charge in [0.05, 0.1) is 25.3 Å². The van der Waals surface area contributed by atoms with Crippen molar-refractivity contribution in [2.45, 2.75) is 25.9 Å². The number of ether oxygens (including phenoxy) is 1. The van der Waals surface area contributed by atoms with E-state index in [1.165, 1.54) is 24.5 Å². The molecule has 0 saturated carbocycles. The first-order chi connectivity index (χ1) is 12.9. The molecule has 144 valence electrons. The Morgan fingerprint density at radius 1 is 1.22 bits per heavy atom. The molecule has 2 aromatic rings. The van der Waals surface area contributed by atoms with Crippen LogP contribution in [0.25, 0.3) is 0 Å². The van der Waals surface area contributed by atoms with Gasteiger partial charge in [-0.1, -0.05) is 6.07 Å². The Balaban J connectivity index is 1.72. The second-order valence-corrected chi connectivity index (χ2v) is 6.42. The molecule has 0 aliphatic carbocycles. The molecule has 0 aromatic carbocycles. The average Bonchev–Trinajstić information content (AvgIpc) is 3.30. The zero-order valence-corrected chi connectivity index (χ0v) is 15.3. The number of rotatable bonds is 8. The Labute approximate surface area is 159 Å². The highest BCUT2D eigenvalue weighted by Crippen LogP contribution is 2.22. The van der Waals surface area contributed by atoms with Crippen LogP contribution in [0.15, 0.2) is 40.3 Å². The predicted molar refractivity (Wildman–Crippen MR) is 95.5 cm³/mol. The molecule has 3 N–H and O–H groups in total. The summed E-state index contributed by atoms with van der Waals surface area (Å²) in [5, 5.41) is 8.94. The summed E-state index contributed by atoms with van der Waals surface area (Å²) in [7, 11) is 0. The molecule has 27 heavy (non-hydrogen) atoms. The largest absolute Gasteiger partial charge is 0.467 e. The van der Waals surface area contributed by atoms with Gasteiger partial charge in [0.1, 0.15) is 5.76 Å². The first-order valence-electron chi connectivity index (χ1n) is 8.00. The van der Waals surface area contributed by atoms with Crippen molar-refractivity contribution in [3.05, 3.63) is 46.5 Å². The van der Waals surface area contributed by atoms with Crippen LogP contribution in [0.2, 0.25) is 0 Å². The normalized spacial score (nSPS) is 11.3. The fourth-order valence-corrected chi connectivity index (χ4v) is 2.89. The zero-order chi connectivity index (χ0) is 19.6. The highest BCUT2D eigenvalue weighted by molar-refractivity contribution is 7.10. The van der Waals surface area contributed by atoms with E-state index in [0.29, 0.717) is 5.76 Å². The van der Waals surface area contributed by atoms with Crippen LogP contribution in [-0.2, 0) is 25.7 Å². The van der Waals surface area contributed by atoms with Gasteiger partial charge in [0.15, 0.2) is 6.61 Å². The predicted octanol–water partition coefficient (Wildman–Crippen LogP) is 1.48. The van der Waals surface area contributed by atoms with Gasteiger partial charge in [0, 0.05) is 11.8 Å². The molecule has 2 heterocycles. The van der Waals surface area contributed by atoms with E-state index in [-0.39, 0.29) is 18.9 Å². The number of carbonyl (C=O) groups is 4. The van der Waals surface area contributed by atoms with Crippen LogP contribution in [0.4, 0.5) is 4.79 Å². The number of furan rings is 1. The monoisotopic (exact) mass is 393 g/mol. The highest BCUT2D eigenvalue weighted by Gasteiger charge is 2.20. The van der Waals surface area contributed by atoms with E-state index in [0.717, 1.165) is 4.88 Å². The Bertz CT molecular complexity index is 773. The highest BCUT2D eigenvalue weighted by atomic mass is 32.1. The first kappa shape index (κ1) is 20.2. The third-order valence-electron chi connectivity index (χ3n) is 3.26. The van der Waals surface area contributed by atoms with Gasteiger partial charge in [-0.3, -0.25) is 19.7 Å². The van der Waals surface area contributed by atoms with Crippen molar-refractivity contribution in [1.29, 1.82) is 0 Å². The molecule has 0 aliphatic heterocycles. The number of urea groups is 1. The molecule has 2 aromatic heterocycles. The van der Waals surface area contributed by atoms with Gasteiger partial charge in [-0.05, 0) is 23.6 Å². The minimum atomic E-state index is -0.771. The SMILES string of the molecule is CC(=O)NC(CC(=O)OCC(=O)NC(=O)NCc1ccco1)c1cccs1. The summed E-state index contributed by atoms with van der Waals surface area (Å²) in [5.74, 6) is -1.20. The number of nitrogens with one attached hydrogen (secondary N) is 3. The summed E-state index contributed by atoms with van der Waals surface area (Å²) in [4.78, 5) is 47.3. The lowest BCUT2D eigenvalue weighted by Crippen LogP contribution is -2.41. The van der Waals surface area contributed by atoms with Crippen LogP contribution >= 0.6 is 11.3 Å². The summed E-state index contributed by atoms with van der Waals surface area (Å²) in [6.45, 7) is 0.857. The van der Waals surface area contributed by atoms with Gasteiger partial charge < -0.3 is 19.8 Å². The van der Waals surface area contributed by atoms with E-state index in [1.54, 1.807) is 24.3 Å². The number of amides is 4. The molecule has 2 rings (SSSR count). The molecular weight excluding hydrogens is 374 g/mol. The lowest BCUT2D eigenvalue weighted by Gasteiger charge is -2.15. The van der Waals surface area contributed by atoms with Crippen molar-refractivity contribution in [2.24, 2.45) is 0 Å². The maximum absolute atomic E-state index is 11.9. The molecule has 0 saturated heterocycles. The Morgan fingerprint density at radius 2 is 2.04 bits per heavy atom. The Hall–Kier alpha value is -3.14. The first-order valence-corrected chi connectivity index (χ1v) is 8.88. The van der Waals surface area contributed by atoms with Crippen molar-refractivity contribution < 1.29 is 28.3 Å². The number of imide groups is 1. The van der Waals surface area contributed by atoms with E-state index >= 15 is 0 Å². The molecule has 0 aliphatic rings. The Morgan fingerprint density at radius 3 is 2.67 bits per heavy atom. The van der Waals surface area contributed by atoms with Gasteiger partial charge >= 0.3 is 12.0 Å². The molecule has 1 atom stereocenters. The minimum absolute atomic E-state index is 0.116. The lowest BCUT2D eigenvalue weighted by molar-refractivity contribution is -0.148. The van der Waals surface area contributed by atoms with Crippen molar-refractivity contribution in [3.63, 3.8) is 0 Å². The summed E-state index contributed by atoms with van der Waals surface area (Å²) in [6, 6.07) is 5.66. The van der Waals surface area contributed by atoms with Gasteiger partial charge in [-0.15, -0.1) is 11.3 Å². The molecule has 10 heteroatoms. The number of carbonyl (C=O) groups excluding carboxylic acids is 4. The molecule has 0 fully saturated rings. The van der Waals surface area contributed by atoms with Gasteiger partial charge in [-0.25, -0.2) is 4.79 Å². The number of esters is 1. The van der Waals surface area contributed by atoms with Crippen molar-refractivity contribution in [3.8, 4) is 0 Å². The van der Waals surface area contributed by atoms with E-state index in [9.17, 15) is 19.2 Å². The van der Waals surface area contributed by atoms with Crippen LogP contribution < -0.4 is 16.0 Å². The maximum atomic E-state index is 11.9. The molecule has 9 nitrogen and oxygen atoms in total. The van der Waals surface area contributed by atoms with Gasteiger partial charge in [0.25, 0.3) is 5.91 Å². The quantitative estimate of drug-likeness (QED) is 0.583. The number of hydrogen-bond donors (Lipinski definition) is 3. The lowest BCUT2D eigenvalue weighted by atomic mass is 10.1. The van der Waals surface area contributed by atoms with Crippen molar-refractivity contribution in [2.75, 3.05) is 6.61 Å². The van der Waals surface area contributed by atoms with Crippen LogP contribution in [0.5, 0.6) is 0 Å². The van der Waals surface area contributed by atoms with Crippen LogP contribution in [0, 0.1) is 0 Å². The van der Waals surface area contributed by atoms with Crippen molar-refractivity contribution >= 4 is 35.2 Å². The smallest absolute Gasteiger partial charge is 0.321 e. The number of hydrogen-bond acceptors (Lipinski definition) is 7. The van der Waals surface area contributed by atoms with E-state index in [4.69, 9.17) is 9.15 Å². The Kier molecular flexibility index (Phi) is 7.56. The van der Waals surface area contributed by atoms with E-state index in [1.807, 2.05) is 10.7 Å². The molecule has 0 radical (unpaired) electrons. The maximum Gasteiger partial charge on any atom is 0.321 e.